The van der Waals surface area contributed by atoms with Crippen molar-refractivity contribution in [3.05, 3.63) is 53.9 Å². The maximum Gasteiger partial charge on any atom is 0.317 e. The fraction of sp³-hybridized carbons (Fsp3) is 0.312. The van der Waals surface area contributed by atoms with E-state index >= 15 is 0 Å². The molecule has 6 heteroatoms. The van der Waals surface area contributed by atoms with Crippen LogP contribution in [0.5, 0.6) is 0 Å². The summed E-state index contributed by atoms with van der Waals surface area (Å²) in [6, 6.07) is 10.0. The molecule has 2 aromatic rings. The third kappa shape index (κ3) is 3.52. The largest absolute Gasteiger partial charge is 0.352 e. The maximum absolute atomic E-state index is 12.2. The van der Waals surface area contributed by atoms with E-state index in [4.69, 9.17) is 0 Å². The molecule has 1 aromatic heterocycles. The summed E-state index contributed by atoms with van der Waals surface area (Å²) in [6.45, 7) is 2.57. The molecule has 0 atom stereocenters. The predicted octanol–water partition coefficient (Wildman–Crippen LogP) is 1.66. The molecule has 22 heavy (non-hydrogen) atoms. The Morgan fingerprint density at radius 2 is 1.86 bits per heavy atom. The molecule has 0 spiro atoms. The van der Waals surface area contributed by atoms with Gasteiger partial charge in [-0.05, 0) is 23.6 Å². The van der Waals surface area contributed by atoms with E-state index in [-0.39, 0.29) is 6.03 Å². The van der Waals surface area contributed by atoms with E-state index in [2.05, 4.69) is 32.7 Å². The first-order valence-electron chi connectivity index (χ1n) is 7.43. The standard InChI is InChI=1S/C16H19N5O/c22-16(20-10-9-19-15-17-7-3-8-18-15)21-11-6-13-4-1-2-5-14(13)12-21/h1-5,7-8H,6,9-12H2,(H,20,22)(H,17,18,19). The van der Waals surface area contributed by atoms with Gasteiger partial charge in [-0.2, -0.15) is 0 Å². The van der Waals surface area contributed by atoms with Crippen LogP contribution in [0.1, 0.15) is 11.1 Å². The fourth-order valence-corrected chi connectivity index (χ4v) is 2.51. The lowest BCUT2D eigenvalue weighted by molar-refractivity contribution is 0.193. The predicted molar refractivity (Wildman–Crippen MR) is 84.5 cm³/mol. The van der Waals surface area contributed by atoms with Gasteiger partial charge in [-0.1, -0.05) is 24.3 Å². The zero-order valence-corrected chi connectivity index (χ0v) is 12.3. The lowest BCUT2D eigenvalue weighted by Gasteiger charge is -2.29. The summed E-state index contributed by atoms with van der Waals surface area (Å²) in [7, 11) is 0. The Labute approximate surface area is 129 Å². The summed E-state index contributed by atoms with van der Waals surface area (Å²) >= 11 is 0. The number of nitrogens with one attached hydrogen (secondary N) is 2. The molecule has 1 aromatic carbocycles. The number of benzene rings is 1. The number of aromatic nitrogens is 2. The Morgan fingerprint density at radius 1 is 1.09 bits per heavy atom. The van der Waals surface area contributed by atoms with Gasteiger partial charge in [0.2, 0.25) is 5.95 Å². The lowest BCUT2D eigenvalue weighted by atomic mass is 10.0. The number of fused-ring (bicyclic) bond motifs is 1. The monoisotopic (exact) mass is 297 g/mol. The van der Waals surface area contributed by atoms with E-state index in [1.807, 2.05) is 17.0 Å². The summed E-state index contributed by atoms with van der Waals surface area (Å²) in [5, 5.41) is 5.99. The Hall–Kier alpha value is -2.63. The highest BCUT2D eigenvalue weighted by molar-refractivity contribution is 5.74. The maximum atomic E-state index is 12.2. The minimum Gasteiger partial charge on any atom is -0.352 e. The number of hydrogen-bond donors (Lipinski definition) is 2. The van der Waals surface area contributed by atoms with Crippen molar-refractivity contribution in [1.82, 2.24) is 20.2 Å². The normalized spacial score (nSPS) is 13.4. The first-order chi connectivity index (χ1) is 10.8. The number of urea groups is 1. The highest BCUT2D eigenvalue weighted by atomic mass is 16.2. The van der Waals surface area contributed by atoms with Crippen LogP contribution in [0.15, 0.2) is 42.7 Å². The van der Waals surface area contributed by atoms with Crippen LogP contribution in [0.25, 0.3) is 0 Å². The molecule has 1 aliphatic rings. The number of carbonyl (C=O) groups is 1. The van der Waals surface area contributed by atoms with Crippen LogP contribution in [0.2, 0.25) is 0 Å². The van der Waals surface area contributed by atoms with E-state index in [0.29, 0.717) is 25.6 Å². The van der Waals surface area contributed by atoms with E-state index in [0.717, 1.165) is 13.0 Å². The van der Waals surface area contributed by atoms with Gasteiger partial charge in [-0.25, -0.2) is 14.8 Å². The molecule has 2 heterocycles. The van der Waals surface area contributed by atoms with Crippen molar-refractivity contribution >= 4 is 12.0 Å². The number of hydrogen-bond acceptors (Lipinski definition) is 4. The number of amides is 2. The second kappa shape index (κ2) is 6.89. The Bertz CT molecular complexity index is 631. The zero-order valence-electron chi connectivity index (χ0n) is 12.3. The molecule has 0 unspecified atom stereocenters. The van der Waals surface area contributed by atoms with Crippen molar-refractivity contribution in [3.63, 3.8) is 0 Å². The van der Waals surface area contributed by atoms with Gasteiger partial charge in [0.05, 0.1) is 0 Å². The Kier molecular flexibility index (Phi) is 4.48. The van der Waals surface area contributed by atoms with Crippen LogP contribution >= 0.6 is 0 Å². The minimum atomic E-state index is -0.0229. The lowest BCUT2D eigenvalue weighted by Crippen LogP contribution is -2.44. The fourth-order valence-electron chi connectivity index (χ4n) is 2.51. The molecule has 0 fully saturated rings. The van der Waals surface area contributed by atoms with Crippen LogP contribution in [0, 0.1) is 0 Å². The second-order valence-corrected chi connectivity index (χ2v) is 5.17. The average molecular weight is 297 g/mol. The Balaban J connectivity index is 1.43. The van der Waals surface area contributed by atoms with Gasteiger partial charge in [-0.3, -0.25) is 0 Å². The molecule has 114 valence electrons. The topological polar surface area (TPSA) is 70.1 Å². The number of anilines is 1. The summed E-state index contributed by atoms with van der Waals surface area (Å²) < 4.78 is 0. The van der Waals surface area contributed by atoms with Gasteiger partial charge >= 0.3 is 6.03 Å². The van der Waals surface area contributed by atoms with Crippen molar-refractivity contribution in [2.45, 2.75) is 13.0 Å². The molecule has 2 N–H and O–H groups in total. The van der Waals surface area contributed by atoms with E-state index in [1.165, 1.54) is 11.1 Å². The van der Waals surface area contributed by atoms with E-state index in [1.54, 1.807) is 18.5 Å². The molecule has 0 radical (unpaired) electrons. The molecular weight excluding hydrogens is 278 g/mol. The molecule has 0 aliphatic carbocycles. The number of rotatable bonds is 4. The van der Waals surface area contributed by atoms with Crippen LogP contribution in [0.3, 0.4) is 0 Å². The third-order valence-corrected chi connectivity index (χ3v) is 3.67. The Morgan fingerprint density at radius 3 is 2.68 bits per heavy atom. The van der Waals surface area contributed by atoms with Crippen LogP contribution in [-0.2, 0) is 13.0 Å². The first-order valence-corrected chi connectivity index (χ1v) is 7.43. The molecule has 0 bridgehead atoms. The van der Waals surface area contributed by atoms with E-state index < -0.39 is 0 Å². The third-order valence-electron chi connectivity index (χ3n) is 3.67. The van der Waals surface area contributed by atoms with Gasteiger partial charge in [0.25, 0.3) is 0 Å². The van der Waals surface area contributed by atoms with Crippen LogP contribution in [0.4, 0.5) is 10.7 Å². The zero-order chi connectivity index (χ0) is 15.2. The van der Waals surface area contributed by atoms with E-state index in [9.17, 15) is 4.79 Å². The molecule has 2 amide bonds. The summed E-state index contributed by atoms with van der Waals surface area (Å²) in [5.41, 5.74) is 2.58. The quantitative estimate of drug-likeness (QED) is 0.842. The molecule has 1 aliphatic heterocycles. The van der Waals surface area contributed by atoms with Gasteiger partial charge in [0.15, 0.2) is 0 Å². The van der Waals surface area contributed by atoms with Crippen molar-refractivity contribution in [2.75, 3.05) is 25.0 Å². The minimum absolute atomic E-state index is 0.0229. The highest BCUT2D eigenvalue weighted by Gasteiger charge is 2.19. The SMILES string of the molecule is O=C(NCCNc1ncccn1)N1CCc2ccccc2C1. The molecule has 3 rings (SSSR count). The molecule has 6 nitrogen and oxygen atoms in total. The summed E-state index contributed by atoms with van der Waals surface area (Å²) in [5.74, 6) is 0.573. The molecule has 0 saturated carbocycles. The van der Waals surface area contributed by atoms with Gasteiger partial charge in [-0.15, -0.1) is 0 Å². The first kappa shape index (κ1) is 14.3. The van der Waals surface area contributed by atoms with Gasteiger partial charge in [0.1, 0.15) is 0 Å². The van der Waals surface area contributed by atoms with Crippen molar-refractivity contribution in [2.24, 2.45) is 0 Å². The molecule has 0 saturated heterocycles. The highest BCUT2D eigenvalue weighted by Crippen LogP contribution is 2.18. The van der Waals surface area contributed by atoms with Gasteiger partial charge < -0.3 is 15.5 Å². The number of carbonyl (C=O) groups excluding carboxylic acids is 1. The van der Waals surface area contributed by atoms with Crippen molar-refractivity contribution in [1.29, 1.82) is 0 Å². The number of nitrogens with zero attached hydrogens (tertiary/aromatic N) is 3. The van der Waals surface area contributed by atoms with Crippen molar-refractivity contribution < 1.29 is 4.79 Å². The van der Waals surface area contributed by atoms with Crippen LogP contribution in [-0.4, -0.2) is 40.5 Å². The summed E-state index contributed by atoms with van der Waals surface area (Å²) in [6.07, 6.45) is 4.28. The van der Waals surface area contributed by atoms with Crippen molar-refractivity contribution in [3.8, 4) is 0 Å². The summed E-state index contributed by atoms with van der Waals surface area (Å²) in [4.78, 5) is 22.2. The van der Waals surface area contributed by atoms with Gasteiger partial charge in [0, 0.05) is 38.6 Å². The average Bonchev–Trinajstić information content (AvgIpc) is 2.59. The second-order valence-electron chi connectivity index (χ2n) is 5.17. The smallest absolute Gasteiger partial charge is 0.317 e. The van der Waals surface area contributed by atoms with Crippen LogP contribution < -0.4 is 10.6 Å². The molecular formula is C16H19N5O.